The molecule has 2 heterocycles. The minimum absolute atomic E-state index is 0.0548. The molecule has 1 N–H and O–H groups in total. The molecule has 0 radical (unpaired) electrons. The smallest absolute Gasteiger partial charge is 0.243 e. The topological polar surface area (TPSA) is 95.8 Å². The third kappa shape index (κ3) is 4.64. The van der Waals surface area contributed by atoms with Crippen LogP contribution in [0.4, 0.5) is 10.3 Å². The lowest BCUT2D eigenvalue weighted by Crippen LogP contribution is -2.50. The number of carbonyl (C=O) groups excluding carboxylic acids is 1. The van der Waals surface area contributed by atoms with Crippen LogP contribution in [0.3, 0.4) is 0 Å². The molecular weight excluding hydrogens is 399 g/mol. The lowest BCUT2D eigenvalue weighted by atomic mass is 10.3. The number of aromatic nitrogens is 1. The molecule has 1 aliphatic heterocycles. The summed E-state index contributed by atoms with van der Waals surface area (Å²) in [6.07, 6.45) is 0. The van der Waals surface area contributed by atoms with Gasteiger partial charge in [0.1, 0.15) is 5.82 Å². The van der Waals surface area contributed by atoms with E-state index >= 15 is 0 Å². The zero-order chi connectivity index (χ0) is 19.6. The summed E-state index contributed by atoms with van der Waals surface area (Å²) >= 11 is 5.68. The number of hydrogen-bond acceptors (Lipinski definition) is 6. The molecule has 27 heavy (non-hydrogen) atoms. The maximum Gasteiger partial charge on any atom is 0.243 e. The fourth-order valence-corrected chi connectivity index (χ4v) is 4.41. The van der Waals surface area contributed by atoms with Crippen molar-refractivity contribution in [1.82, 2.24) is 14.4 Å². The van der Waals surface area contributed by atoms with E-state index in [0.717, 1.165) is 12.1 Å². The van der Waals surface area contributed by atoms with Gasteiger partial charge in [-0.25, -0.2) is 12.8 Å². The van der Waals surface area contributed by atoms with E-state index in [1.54, 1.807) is 13.0 Å². The number of carbonyl (C=O) groups is 1. The molecule has 3 rings (SSSR count). The molecule has 11 heteroatoms. The van der Waals surface area contributed by atoms with Crippen LogP contribution in [0.25, 0.3) is 0 Å². The maximum atomic E-state index is 13.3. The summed E-state index contributed by atoms with van der Waals surface area (Å²) in [5, 5.41) is 6.04. The molecule has 1 saturated heterocycles. The van der Waals surface area contributed by atoms with Crippen LogP contribution in [0, 0.1) is 12.7 Å². The van der Waals surface area contributed by atoms with Crippen LogP contribution in [0.2, 0.25) is 5.02 Å². The van der Waals surface area contributed by atoms with Crippen molar-refractivity contribution >= 4 is 33.4 Å². The minimum Gasteiger partial charge on any atom is -0.338 e. The summed E-state index contributed by atoms with van der Waals surface area (Å²) in [6.45, 7) is 3.05. The van der Waals surface area contributed by atoms with Gasteiger partial charge in [-0.1, -0.05) is 16.8 Å². The highest BCUT2D eigenvalue weighted by Gasteiger charge is 2.29. The van der Waals surface area contributed by atoms with E-state index in [4.69, 9.17) is 16.1 Å². The first-order valence-corrected chi connectivity index (χ1v) is 9.98. The summed E-state index contributed by atoms with van der Waals surface area (Å²) in [5.74, 6) is -0.673. The summed E-state index contributed by atoms with van der Waals surface area (Å²) in [5.41, 5.74) is 0.657. The fraction of sp³-hybridized carbons (Fsp3) is 0.375. The molecule has 1 fully saturated rings. The van der Waals surface area contributed by atoms with E-state index in [9.17, 15) is 17.6 Å². The van der Waals surface area contributed by atoms with Crippen LogP contribution < -0.4 is 5.32 Å². The van der Waals surface area contributed by atoms with Crippen LogP contribution in [0.1, 0.15) is 5.69 Å². The largest absolute Gasteiger partial charge is 0.338 e. The molecule has 0 saturated carbocycles. The highest BCUT2D eigenvalue weighted by Crippen LogP contribution is 2.23. The lowest BCUT2D eigenvalue weighted by Gasteiger charge is -2.33. The molecule has 1 aromatic carbocycles. The second-order valence-electron chi connectivity index (χ2n) is 6.14. The Kier molecular flexibility index (Phi) is 5.80. The minimum atomic E-state index is -3.77. The molecule has 146 valence electrons. The number of hydrogen-bond donors (Lipinski definition) is 1. The number of nitrogens with one attached hydrogen (secondary N) is 1. The second-order valence-corrected chi connectivity index (χ2v) is 8.48. The number of anilines is 1. The number of halogens is 2. The maximum absolute atomic E-state index is 13.3. The normalized spacial score (nSPS) is 16.4. The number of aryl methyl sites for hydroxylation is 1. The first-order chi connectivity index (χ1) is 12.8. The third-order valence-electron chi connectivity index (χ3n) is 4.12. The van der Waals surface area contributed by atoms with E-state index in [2.05, 4.69) is 10.5 Å². The monoisotopic (exact) mass is 416 g/mol. The van der Waals surface area contributed by atoms with E-state index in [0.29, 0.717) is 18.8 Å². The Bertz CT molecular complexity index is 942. The lowest BCUT2D eigenvalue weighted by molar-refractivity contribution is -0.117. The molecular formula is C16H18ClFN4O4S. The molecule has 0 aliphatic carbocycles. The van der Waals surface area contributed by atoms with Gasteiger partial charge in [0, 0.05) is 32.2 Å². The molecule has 1 aliphatic rings. The van der Waals surface area contributed by atoms with Crippen LogP contribution >= 0.6 is 11.6 Å². The standard InChI is InChI=1S/C16H18ClFN4O4S/c1-11-8-16(26-20-11)19-15(23)10-21-4-6-22(7-5-21)27(24,25)12-2-3-14(18)13(17)9-12/h2-3,8-9H,4-7,10H2,1H3,(H,19,23). The van der Waals surface area contributed by atoms with Gasteiger partial charge in [-0.3, -0.25) is 15.0 Å². The fourth-order valence-electron chi connectivity index (χ4n) is 2.72. The summed E-state index contributed by atoms with van der Waals surface area (Å²) < 4.78 is 44.8. The summed E-state index contributed by atoms with van der Waals surface area (Å²) in [4.78, 5) is 13.8. The molecule has 2 aromatic rings. The van der Waals surface area contributed by atoms with Gasteiger partial charge in [0.2, 0.25) is 21.8 Å². The Labute approximate surface area is 160 Å². The van der Waals surface area contributed by atoms with Crippen molar-refractivity contribution in [3.05, 3.63) is 40.8 Å². The molecule has 1 aromatic heterocycles. The average Bonchev–Trinajstić information content (AvgIpc) is 3.02. The van der Waals surface area contributed by atoms with Crippen molar-refractivity contribution in [2.24, 2.45) is 0 Å². The average molecular weight is 417 g/mol. The highest BCUT2D eigenvalue weighted by atomic mass is 35.5. The van der Waals surface area contributed by atoms with Crippen LogP contribution in [-0.4, -0.2) is 61.4 Å². The van der Waals surface area contributed by atoms with Crippen LogP contribution in [0.15, 0.2) is 33.7 Å². The summed E-state index contributed by atoms with van der Waals surface area (Å²) in [7, 11) is -3.77. The van der Waals surface area contributed by atoms with Crippen molar-refractivity contribution in [2.75, 3.05) is 38.0 Å². The zero-order valence-electron chi connectivity index (χ0n) is 14.5. The van der Waals surface area contributed by atoms with Gasteiger partial charge in [0.05, 0.1) is 22.2 Å². The first-order valence-electron chi connectivity index (χ1n) is 8.16. The number of rotatable bonds is 5. The van der Waals surface area contributed by atoms with Gasteiger partial charge in [-0.15, -0.1) is 0 Å². The van der Waals surface area contributed by atoms with Gasteiger partial charge in [0.25, 0.3) is 0 Å². The molecule has 0 unspecified atom stereocenters. The first kappa shape index (κ1) is 19.7. The van der Waals surface area contributed by atoms with Gasteiger partial charge in [0.15, 0.2) is 0 Å². The van der Waals surface area contributed by atoms with Crippen LogP contribution in [0.5, 0.6) is 0 Å². The van der Waals surface area contributed by atoms with E-state index in [-0.39, 0.29) is 41.3 Å². The molecule has 0 atom stereocenters. The SMILES string of the molecule is Cc1cc(NC(=O)CN2CCN(S(=O)(=O)c3ccc(F)c(Cl)c3)CC2)on1. The number of nitrogens with zero attached hydrogens (tertiary/aromatic N) is 3. The van der Waals surface area contributed by atoms with E-state index in [1.807, 2.05) is 4.90 Å². The summed E-state index contributed by atoms with van der Waals surface area (Å²) in [6, 6.07) is 4.93. The number of piperazine rings is 1. The van der Waals surface area contributed by atoms with Crippen molar-refractivity contribution in [1.29, 1.82) is 0 Å². The van der Waals surface area contributed by atoms with Gasteiger partial charge >= 0.3 is 0 Å². The van der Waals surface area contributed by atoms with Gasteiger partial charge in [-0.05, 0) is 25.1 Å². The molecule has 0 spiro atoms. The number of sulfonamides is 1. The quantitative estimate of drug-likeness (QED) is 0.797. The Morgan fingerprint density at radius 1 is 1.30 bits per heavy atom. The Hall–Kier alpha value is -2.01. The van der Waals surface area contributed by atoms with Crippen molar-refractivity contribution in [3.8, 4) is 0 Å². The number of benzene rings is 1. The van der Waals surface area contributed by atoms with Crippen molar-refractivity contribution in [3.63, 3.8) is 0 Å². The Morgan fingerprint density at radius 3 is 2.59 bits per heavy atom. The highest BCUT2D eigenvalue weighted by molar-refractivity contribution is 7.89. The Balaban J connectivity index is 1.56. The van der Waals surface area contributed by atoms with E-state index < -0.39 is 15.8 Å². The third-order valence-corrected chi connectivity index (χ3v) is 6.30. The predicted molar refractivity (Wildman–Crippen MR) is 96.5 cm³/mol. The molecule has 0 bridgehead atoms. The number of amides is 1. The van der Waals surface area contributed by atoms with Crippen LogP contribution in [-0.2, 0) is 14.8 Å². The molecule has 1 amide bonds. The molecule has 8 nitrogen and oxygen atoms in total. The van der Waals surface area contributed by atoms with Gasteiger partial charge < -0.3 is 4.52 Å². The van der Waals surface area contributed by atoms with Crippen molar-refractivity contribution < 1.29 is 22.1 Å². The Morgan fingerprint density at radius 2 is 2.00 bits per heavy atom. The second kappa shape index (κ2) is 7.93. The van der Waals surface area contributed by atoms with Crippen molar-refractivity contribution in [2.45, 2.75) is 11.8 Å². The van der Waals surface area contributed by atoms with E-state index in [1.165, 1.54) is 10.4 Å². The predicted octanol–water partition coefficient (Wildman–Crippen LogP) is 1.72. The van der Waals surface area contributed by atoms with Gasteiger partial charge in [-0.2, -0.15) is 4.31 Å². The zero-order valence-corrected chi connectivity index (χ0v) is 16.1.